The van der Waals surface area contributed by atoms with Crippen LogP contribution in [0.3, 0.4) is 0 Å². The zero-order chi connectivity index (χ0) is 20.9. The van der Waals surface area contributed by atoms with E-state index in [9.17, 15) is 22.8 Å². The molecule has 2 aromatic heterocycles. The van der Waals surface area contributed by atoms with Gasteiger partial charge in [0.05, 0.1) is 11.8 Å². The van der Waals surface area contributed by atoms with Crippen molar-refractivity contribution in [2.24, 2.45) is 0 Å². The Morgan fingerprint density at radius 3 is 2.59 bits per heavy atom. The minimum Gasteiger partial charge on any atom is -0.459 e. The largest absolute Gasteiger partial charge is 0.459 e. The molecule has 7 nitrogen and oxygen atoms in total. The Labute approximate surface area is 166 Å². The van der Waals surface area contributed by atoms with Crippen LogP contribution >= 0.6 is 11.9 Å². The van der Waals surface area contributed by atoms with Gasteiger partial charge in [0.1, 0.15) is 5.75 Å². The molecule has 0 aliphatic rings. The van der Waals surface area contributed by atoms with Crippen LogP contribution in [0.4, 0.5) is 18.0 Å². The highest BCUT2D eigenvalue weighted by Gasteiger charge is 2.30. The Bertz CT molecular complexity index is 992. The summed E-state index contributed by atoms with van der Waals surface area (Å²) in [5, 5.41) is 2.09. The number of hydrogen-bond donors (Lipinski definition) is 2. The summed E-state index contributed by atoms with van der Waals surface area (Å²) < 4.78 is 50.4. The number of imide groups is 1. The summed E-state index contributed by atoms with van der Waals surface area (Å²) in [4.78, 5) is 27.6. The van der Waals surface area contributed by atoms with Gasteiger partial charge >= 0.3 is 12.2 Å². The van der Waals surface area contributed by atoms with E-state index >= 15 is 0 Å². The van der Waals surface area contributed by atoms with Crippen molar-refractivity contribution in [3.05, 3.63) is 72.3 Å². The first kappa shape index (κ1) is 20.3. The van der Waals surface area contributed by atoms with Gasteiger partial charge in [-0.1, -0.05) is 6.07 Å². The van der Waals surface area contributed by atoms with Gasteiger partial charge in [-0.05, 0) is 48.3 Å². The molecule has 0 unspecified atom stereocenters. The van der Waals surface area contributed by atoms with Crippen LogP contribution in [-0.4, -0.2) is 16.9 Å². The molecule has 0 atom stereocenters. The van der Waals surface area contributed by atoms with Gasteiger partial charge in [-0.3, -0.25) is 14.8 Å². The van der Waals surface area contributed by atoms with Crippen LogP contribution in [-0.2, 0) is 6.18 Å². The Morgan fingerprint density at radius 2 is 1.93 bits per heavy atom. The summed E-state index contributed by atoms with van der Waals surface area (Å²) in [5.74, 6) is -0.422. The molecule has 0 radical (unpaired) electrons. The molecule has 0 fully saturated rings. The molecule has 0 saturated heterocycles. The highest BCUT2D eigenvalue weighted by molar-refractivity contribution is 7.98. The fourth-order valence-electron chi connectivity index (χ4n) is 2.03. The number of aromatic nitrogens is 1. The number of nitrogens with one attached hydrogen (secondary N) is 2. The lowest BCUT2D eigenvalue weighted by Crippen LogP contribution is -2.36. The van der Waals surface area contributed by atoms with Crippen LogP contribution in [0.15, 0.2) is 70.3 Å². The number of alkyl halides is 3. The molecule has 2 heterocycles. The molecule has 150 valence electrons. The van der Waals surface area contributed by atoms with Crippen molar-refractivity contribution in [1.29, 1.82) is 0 Å². The first-order valence-electron chi connectivity index (χ1n) is 7.94. The number of amides is 3. The standard InChI is InChI=1S/C18H12F3N3O4S/c19-18(20,21)11-6-7-15(22-10-11)28-12-3-1-4-13(9-12)29-24-17(26)23-16(25)14-5-2-8-27-14/h1-10H,(H2,23,24,25,26). The molecule has 3 amide bonds. The number of ether oxygens (including phenoxy) is 1. The maximum atomic E-state index is 12.6. The smallest absolute Gasteiger partial charge is 0.417 e. The van der Waals surface area contributed by atoms with Crippen molar-refractivity contribution in [3.8, 4) is 11.6 Å². The average molecular weight is 423 g/mol. The number of rotatable bonds is 5. The van der Waals surface area contributed by atoms with E-state index in [0.29, 0.717) is 16.8 Å². The Hall–Kier alpha value is -3.47. The second-order valence-electron chi connectivity index (χ2n) is 5.42. The number of carbonyl (C=O) groups is 2. The SMILES string of the molecule is O=C(NSc1cccc(Oc2ccc(C(F)(F)F)cn2)c1)NC(=O)c1ccco1. The van der Waals surface area contributed by atoms with Gasteiger partial charge in [0.15, 0.2) is 5.76 Å². The number of carbonyl (C=O) groups excluding carboxylic acids is 2. The van der Waals surface area contributed by atoms with Gasteiger partial charge < -0.3 is 9.15 Å². The van der Waals surface area contributed by atoms with E-state index in [1.807, 2.05) is 0 Å². The maximum Gasteiger partial charge on any atom is 0.417 e. The molecule has 3 rings (SSSR count). The van der Waals surface area contributed by atoms with Crippen molar-refractivity contribution >= 4 is 23.9 Å². The van der Waals surface area contributed by atoms with Crippen molar-refractivity contribution in [3.63, 3.8) is 0 Å². The predicted molar refractivity (Wildman–Crippen MR) is 96.3 cm³/mol. The molecular formula is C18H12F3N3O4S. The summed E-state index contributed by atoms with van der Waals surface area (Å²) in [6, 6.07) is 10.5. The minimum atomic E-state index is -4.48. The Morgan fingerprint density at radius 1 is 1.10 bits per heavy atom. The molecule has 11 heteroatoms. The third-order valence-electron chi connectivity index (χ3n) is 3.33. The molecule has 0 aliphatic carbocycles. The lowest BCUT2D eigenvalue weighted by molar-refractivity contribution is -0.137. The van der Waals surface area contributed by atoms with Crippen LogP contribution in [0.25, 0.3) is 0 Å². The predicted octanol–water partition coefficient (Wildman–Crippen LogP) is 4.63. The van der Waals surface area contributed by atoms with E-state index in [-0.39, 0.29) is 11.6 Å². The molecular weight excluding hydrogens is 411 g/mol. The topological polar surface area (TPSA) is 93.5 Å². The van der Waals surface area contributed by atoms with Crippen LogP contribution in [0.1, 0.15) is 16.1 Å². The molecule has 0 spiro atoms. The van der Waals surface area contributed by atoms with Crippen LogP contribution in [0.2, 0.25) is 0 Å². The number of pyridine rings is 1. The minimum absolute atomic E-state index is 0.00964. The fraction of sp³-hybridized carbons (Fsp3) is 0.0556. The van der Waals surface area contributed by atoms with Gasteiger partial charge in [0.25, 0.3) is 5.91 Å². The van der Waals surface area contributed by atoms with E-state index in [1.165, 1.54) is 18.4 Å². The zero-order valence-electron chi connectivity index (χ0n) is 14.4. The van der Waals surface area contributed by atoms with E-state index in [1.54, 1.807) is 24.3 Å². The number of urea groups is 1. The molecule has 0 bridgehead atoms. The molecule has 3 aromatic rings. The number of hydrogen-bond acceptors (Lipinski definition) is 6. The average Bonchev–Trinajstić information content (AvgIpc) is 3.21. The van der Waals surface area contributed by atoms with E-state index in [4.69, 9.17) is 9.15 Å². The molecule has 29 heavy (non-hydrogen) atoms. The summed E-state index contributed by atoms with van der Waals surface area (Å²) in [6.45, 7) is 0. The second kappa shape index (κ2) is 8.69. The number of halogens is 3. The summed E-state index contributed by atoms with van der Waals surface area (Å²) in [5.41, 5.74) is -0.881. The number of nitrogens with zero attached hydrogens (tertiary/aromatic N) is 1. The number of benzene rings is 1. The van der Waals surface area contributed by atoms with Crippen molar-refractivity contribution in [2.75, 3.05) is 0 Å². The quantitative estimate of drug-likeness (QED) is 0.581. The molecule has 0 saturated carbocycles. The normalized spacial score (nSPS) is 11.0. The summed E-state index contributed by atoms with van der Waals surface area (Å²) >= 11 is 0.904. The van der Waals surface area contributed by atoms with Crippen molar-refractivity contribution in [2.45, 2.75) is 11.1 Å². The first-order chi connectivity index (χ1) is 13.8. The monoisotopic (exact) mass is 423 g/mol. The molecule has 1 aromatic carbocycles. The van der Waals surface area contributed by atoms with Gasteiger partial charge in [0.2, 0.25) is 5.88 Å². The van der Waals surface area contributed by atoms with Crippen LogP contribution in [0.5, 0.6) is 11.6 Å². The van der Waals surface area contributed by atoms with Gasteiger partial charge in [-0.2, -0.15) is 13.2 Å². The zero-order valence-corrected chi connectivity index (χ0v) is 15.2. The lowest BCUT2D eigenvalue weighted by Gasteiger charge is -2.09. The summed E-state index contributed by atoms with van der Waals surface area (Å²) in [6.07, 6.45) is -2.50. The summed E-state index contributed by atoms with van der Waals surface area (Å²) in [7, 11) is 0. The third-order valence-corrected chi connectivity index (χ3v) is 4.10. The lowest BCUT2D eigenvalue weighted by atomic mass is 10.3. The Balaban J connectivity index is 1.55. The van der Waals surface area contributed by atoms with Crippen LogP contribution < -0.4 is 14.8 Å². The van der Waals surface area contributed by atoms with Gasteiger partial charge in [-0.25, -0.2) is 9.78 Å². The third kappa shape index (κ3) is 5.75. The highest BCUT2D eigenvalue weighted by Crippen LogP contribution is 2.30. The Kier molecular flexibility index (Phi) is 6.07. The van der Waals surface area contributed by atoms with Crippen molar-refractivity contribution < 1.29 is 31.9 Å². The highest BCUT2D eigenvalue weighted by atomic mass is 32.2. The van der Waals surface area contributed by atoms with Gasteiger partial charge in [0, 0.05) is 17.2 Å². The number of furan rings is 1. The first-order valence-corrected chi connectivity index (χ1v) is 8.76. The van der Waals surface area contributed by atoms with E-state index in [2.05, 4.69) is 15.0 Å². The molecule has 2 N–H and O–H groups in total. The van der Waals surface area contributed by atoms with Crippen molar-refractivity contribution in [1.82, 2.24) is 15.0 Å². The maximum absolute atomic E-state index is 12.6. The van der Waals surface area contributed by atoms with E-state index < -0.39 is 23.7 Å². The van der Waals surface area contributed by atoms with E-state index in [0.717, 1.165) is 24.1 Å². The fourth-order valence-corrected chi connectivity index (χ4v) is 2.62. The second-order valence-corrected chi connectivity index (χ2v) is 6.30. The molecule has 0 aliphatic heterocycles. The van der Waals surface area contributed by atoms with Crippen LogP contribution in [0, 0.1) is 0 Å². The van der Waals surface area contributed by atoms with Gasteiger partial charge in [-0.15, -0.1) is 0 Å².